The minimum Gasteiger partial charge on any atom is -0.480 e. The van der Waals surface area contributed by atoms with Gasteiger partial charge in [0.2, 0.25) is 17.7 Å². The van der Waals surface area contributed by atoms with Gasteiger partial charge < -0.3 is 31.5 Å². The molecule has 1 aliphatic rings. The molecule has 0 spiro atoms. The van der Waals surface area contributed by atoms with Crippen molar-refractivity contribution in [1.82, 2.24) is 15.5 Å². The molecule has 3 amide bonds. The number of nitrogens with two attached hydrogens (primary N) is 1. The van der Waals surface area contributed by atoms with Crippen molar-refractivity contribution < 1.29 is 29.4 Å². The van der Waals surface area contributed by atoms with Gasteiger partial charge in [-0.3, -0.25) is 14.4 Å². The SMILES string of the molecule is CC(C)C[C@H](NC(=O)[C@@H](N)Cc1ccccc1)C(=O)N[C@@H](CO)C(=O)N1CCC[C@H]1C(=O)O. The number of amides is 3. The van der Waals surface area contributed by atoms with Gasteiger partial charge in [-0.1, -0.05) is 44.2 Å². The van der Waals surface area contributed by atoms with Gasteiger partial charge in [-0.25, -0.2) is 4.79 Å². The van der Waals surface area contributed by atoms with Crippen LogP contribution in [-0.2, 0) is 25.6 Å². The second-order valence-electron chi connectivity index (χ2n) is 8.76. The fraction of sp³-hybridized carbons (Fsp3) is 0.565. The summed E-state index contributed by atoms with van der Waals surface area (Å²) in [6, 6.07) is 5.13. The van der Waals surface area contributed by atoms with Gasteiger partial charge in [0.25, 0.3) is 0 Å². The number of aliphatic hydroxyl groups is 1. The number of rotatable bonds is 11. The zero-order chi connectivity index (χ0) is 24.5. The first-order valence-corrected chi connectivity index (χ1v) is 11.2. The molecule has 0 aromatic heterocycles. The number of carbonyl (C=O) groups excluding carboxylic acids is 3. The van der Waals surface area contributed by atoms with E-state index in [1.54, 1.807) is 0 Å². The van der Waals surface area contributed by atoms with Crippen LogP contribution in [0.1, 0.15) is 38.7 Å². The molecule has 0 bridgehead atoms. The molecule has 1 heterocycles. The number of carbonyl (C=O) groups is 4. The Labute approximate surface area is 193 Å². The minimum atomic E-state index is -1.30. The molecule has 33 heavy (non-hydrogen) atoms. The van der Waals surface area contributed by atoms with Gasteiger partial charge in [0, 0.05) is 6.54 Å². The third-order valence-electron chi connectivity index (χ3n) is 5.59. The normalized spacial score (nSPS) is 18.5. The van der Waals surface area contributed by atoms with E-state index in [-0.39, 0.29) is 12.5 Å². The number of aliphatic carboxylic acids is 1. The summed E-state index contributed by atoms with van der Waals surface area (Å²) in [5.41, 5.74) is 6.91. The van der Waals surface area contributed by atoms with E-state index < -0.39 is 54.5 Å². The van der Waals surface area contributed by atoms with E-state index in [2.05, 4.69) is 10.6 Å². The quantitative estimate of drug-likeness (QED) is 0.300. The molecule has 0 aliphatic carbocycles. The lowest BCUT2D eigenvalue weighted by molar-refractivity contribution is -0.150. The van der Waals surface area contributed by atoms with Crippen molar-refractivity contribution >= 4 is 23.7 Å². The highest BCUT2D eigenvalue weighted by Crippen LogP contribution is 2.18. The van der Waals surface area contributed by atoms with Crippen LogP contribution in [0.25, 0.3) is 0 Å². The molecule has 1 saturated heterocycles. The number of nitrogens with zero attached hydrogens (tertiary/aromatic N) is 1. The average Bonchev–Trinajstić information content (AvgIpc) is 3.27. The Bertz CT molecular complexity index is 832. The Kier molecular flexibility index (Phi) is 9.80. The Morgan fingerprint density at radius 1 is 1.09 bits per heavy atom. The molecule has 182 valence electrons. The number of benzene rings is 1. The van der Waals surface area contributed by atoms with Crippen LogP contribution >= 0.6 is 0 Å². The predicted molar refractivity (Wildman–Crippen MR) is 121 cm³/mol. The number of carboxylic acid groups (broad SMARTS) is 1. The van der Waals surface area contributed by atoms with Gasteiger partial charge >= 0.3 is 5.97 Å². The molecule has 4 atom stereocenters. The Morgan fingerprint density at radius 2 is 1.73 bits per heavy atom. The van der Waals surface area contributed by atoms with E-state index >= 15 is 0 Å². The predicted octanol–water partition coefficient (Wildman–Crippen LogP) is -0.360. The monoisotopic (exact) mass is 462 g/mol. The lowest BCUT2D eigenvalue weighted by Gasteiger charge is -2.28. The van der Waals surface area contributed by atoms with Crippen LogP contribution in [-0.4, -0.2) is 76.1 Å². The highest BCUT2D eigenvalue weighted by molar-refractivity contribution is 5.94. The number of aliphatic hydroxyl groups excluding tert-OH is 1. The van der Waals surface area contributed by atoms with Gasteiger partial charge in [-0.05, 0) is 37.2 Å². The van der Waals surface area contributed by atoms with Crippen LogP contribution in [0.2, 0.25) is 0 Å². The first-order valence-electron chi connectivity index (χ1n) is 11.2. The van der Waals surface area contributed by atoms with Gasteiger partial charge in [-0.2, -0.15) is 0 Å². The van der Waals surface area contributed by atoms with Crippen molar-refractivity contribution in [3.8, 4) is 0 Å². The second-order valence-corrected chi connectivity index (χ2v) is 8.76. The highest BCUT2D eigenvalue weighted by Gasteiger charge is 2.38. The van der Waals surface area contributed by atoms with Gasteiger partial charge in [0.15, 0.2) is 0 Å². The van der Waals surface area contributed by atoms with Gasteiger partial charge in [0.05, 0.1) is 12.6 Å². The first-order chi connectivity index (χ1) is 15.6. The topological polar surface area (TPSA) is 162 Å². The smallest absolute Gasteiger partial charge is 0.326 e. The number of hydrogen-bond donors (Lipinski definition) is 5. The molecule has 1 aromatic rings. The van der Waals surface area contributed by atoms with Gasteiger partial charge in [-0.15, -0.1) is 0 Å². The fourth-order valence-corrected chi connectivity index (χ4v) is 3.89. The van der Waals surface area contributed by atoms with Crippen molar-refractivity contribution in [2.75, 3.05) is 13.2 Å². The van der Waals surface area contributed by atoms with Crippen molar-refractivity contribution in [3.05, 3.63) is 35.9 Å². The summed E-state index contributed by atoms with van der Waals surface area (Å²) in [7, 11) is 0. The fourth-order valence-electron chi connectivity index (χ4n) is 3.89. The lowest BCUT2D eigenvalue weighted by atomic mass is 10.0. The zero-order valence-electron chi connectivity index (χ0n) is 19.1. The Hall–Kier alpha value is -2.98. The lowest BCUT2D eigenvalue weighted by Crippen LogP contribution is -2.58. The molecule has 10 heteroatoms. The summed E-state index contributed by atoms with van der Waals surface area (Å²) in [5, 5.41) is 24.2. The van der Waals surface area contributed by atoms with Crippen LogP contribution < -0.4 is 16.4 Å². The Balaban J connectivity index is 2.04. The molecule has 1 aliphatic heterocycles. The van der Waals surface area contributed by atoms with Crippen molar-refractivity contribution in [3.63, 3.8) is 0 Å². The zero-order valence-corrected chi connectivity index (χ0v) is 19.1. The number of hydrogen-bond acceptors (Lipinski definition) is 6. The van der Waals surface area contributed by atoms with Crippen LogP contribution in [0.3, 0.4) is 0 Å². The summed E-state index contributed by atoms with van der Waals surface area (Å²) >= 11 is 0. The van der Waals surface area contributed by atoms with Crippen LogP contribution in [0.5, 0.6) is 0 Å². The van der Waals surface area contributed by atoms with E-state index in [4.69, 9.17) is 5.73 Å². The maximum atomic E-state index is 12.9. The maximum Gasteiger partial charge on any atom is 0.326 e. The van der Waals surface area contributed by atoms with Crippen molar-refractivity contribution in [2.45, 2.75) is 63.7 Å². The van der Waals surface area contributed by atoms with Crippen molar-refractivity contribution in [2.24, 2.45) is 11.7 Å². The molecular weight excluding hydrogens is 428 g/mol. The molecule has 6 N–H and O–H groups in total. The molecule has 1 fully saturated rings. The molecule has 0 unspecified atom stereocenters. The van der Waals surface area contributed by atoms with E-state index in [0.29, 0.717) is 25.7 Å². The summed E-state index contributed by atoms with van der Waals surface area (Å²) < 4.78 is 0. The van der Waals surface area contributed by atoms with E-state index in [1.165, 1.54) is 0 Å². The summed E-state index contributed by atoms with van der Waals surface area (Å²) in [6.07, 6.45) is 1.44. The van der Waals surface area contributed by atoms with E-state index in [0.717, 1.165) is 10.5 Å². The van der Waals surface area contributed by atoms with Crippen LogP contribution in [0.4, 0.5) is 0 Å². The summed E-state index contributed by atoms with van der Waals surface area (Å²) in [4.78, 5) is 50.9. The van der Waals surface area contributed by atoms with Crippen LogP contribution in [0.15, 0.2) is 30.3 Å². The number of nitrogens with one attached hydrogen (secondary N) is 2. The second kappa shape index (κ2) is 12.3. The first kappa shape index (κ1) is 26.3. The largest absolute Gasteiger partial charge is 0.480 e. The molecule has 0 saturated carbocycles. The molecule has 1 aromatic carbocycles. The molecule has 0 radical (unpaired) electrons. The van der Waals surface area contributed by atoms with E-state index in [1.807, 2.05) is 44.2 Å². The van der Waals surface area contributed by atoms with Crippen molar-refractivity contribution in [1.29, 1.82) is 0 Å². The third kappa shape index (κ3) is 7.54. The molecule has 2 rings (SSSR count). The average molecular weight is 463 g/mol. The molecule has 10 nitrogen and oxygen atoms in total. The van der Waals surface area contributed by atoms with Gasteiger partial charge in [0.1, 0.15) is 18.1 Å². The van der Waals surface area contributed by atoms with Crippen LogP contribution in [0, 0.1) is 5.92 Å². The summed E-state index contributed by atoms with van der Waals surface area (Å²) in [6.45, 7) is 3.31. The number of likely N-dealkylation sites (tertiary alicyclic amines) is 1. The Morgan fingerprint density at radius 3 is 2.30 bits per heavy atom. The highest BCUT2D eigenvalue weighted by atomic mass is 16.4. The third-order valence-corrected chi connectivity index (χ3v) is 5.59. The maximum absolute atomic E-state index is 12.9. The minimum absolute atomic E-state index is 0.0460. The number of carboxylic acids is 1. The summed E-state index contributed by atoms with van der Waals surface area (Å²) in [5.74, 6) is -2.88. The standard InChI is InChI=1S/C23H34N4O6/c1-14(2)11-17(25-20(29)16(24)12-15-7-4-3-5-8-15)21(30)26-18(13-28)22(31)27-10-6-9-19(27)23(32)33/h3-5,7-8,14,16-19,28H,6,9-13,24H2,1-2H3,(H,25,29)(H,26,30)(H,32,33)/t16-,17-,18-,19-/m0/s1. The van der Waals surface area contributed by atoms with E-state index in [9.17, 15) is 29.4 Å². The molecular formula is C23H34N4O6.